The van der Waals surface area contributed by atoms with Gasteiger partial charge in [0.1, 0.15) is 18.3 Å². The summed E-state index contributed by atoms with van der Waals surface area (Å²) in [7, 11) is 0. The first-order valence-corrected chi connectivity index (χ1v) is 6.23. The third-order valence-corrected chi connectivity index (χ3v) is 3.58. The molecule has 7 N–H and O–H groups in total. The third-order valence-electron chi connectivity index (χ3n) is 3.58. The van der Waals surface area contributed by atoms with Gasteiger partial charge >= 0.3 is 11.9 Å². The first-order valence-electron chi connectivity index (χ1n) is 6.23. The number of aliphatic hydroxyl groups is 4. The van der Waals surface area contributed by atoms with Crippen molar-refractivity contribution in [3.8, 4) is 0 Å². The third kappa shape index (κ3) is 1.82. The van der Waals surface area contributed by atoms with E-state index in [1.54, 1.807) is 0 Å². The quantitative estimate of drug-likeness (QED) is 0.293. The first kappa shape index (κ1) is 14.8. The Balaban J connectivity index is 1.99. The lowest BCUT2D eigenvalue weighted by atomic mass is 10.1. The summed E-state index contributed by atoms with van der Waals surface area (Å²) in [4.78, 5) is 31.3. The van der Waals surface area contributed by atoms with Crippen molar-refractivity contribution < 1.29 is 34.8 Å². The molecule has 0 spiro atoms. The van der Waals surface area contributed by atoms with Crippen LogP contribution in [0, 0.1) is 0 Å². The van der Waals surface area contributed by atoms with Gasteiger partial charge in [-0.3, -0.25) is 10.1 Å². The molecule has 3 rings (SSSR count). The second-order valence-electron chi connectivity index (χ2n) is 4.95. The number of nitrogens with zero attached hydrogens (tertiary/aromatic N) is 3. The lowest BCUT2D eigenvalue weighted by Crippen LogP contribution is -2.57. The second-order valence-corrected chi connectivity index (χ2v) is 4.95. The van der Waals surface area contributed by atoms with Crippen molar-refractivity contribution in [3.63, 3.8) is 0 Å². The normalized spacial score (nSPS) is 41.2. The van der Waals surface area contributed by atoms with Crippen molar-refractivity contribution in [2.75, 3.05) is 6.61 Å². The van der Waals surface area contributed by atoms with E-state index >= 15 is 0 Å². The minimum atomic E-state index is -2.52. The molecule has 0 aromatic carbocycles. The van der Waals surface area contributed by atoms with Crippen molar-refractivity contribution in [1.29, 1.82) is 0 Å². The summed E-state index contributed by atoms with van der Waals surface area (Å²) < 4.78 is 5.19. The lowest BCUT2D eigenvalue weighted by molar-refractivity contribution is -0.131. The number of carbonyl (C=O) groups excluding carboxylic acids is 2. The van der Waals surface area contributed by atoms with Crippen LogP contribution in [0.15, 0.2) is 9.98 Å². The van der Waals surface area contributed by atoms with Gasteiger partial charge in [-0.25, -0.2) is 9.69 Å². The van der Waals surface area contributed by atoms with E-state index in [1.807, 2.05) is 5.32 Å². The zero-order valence-corrected chi connectivity index (χ0v) is 10.9. The van der Waals surface area contributed by atoms with Gasteiger partial charge in [-0.15, -0.1) is 0 Å². The molecule has 5 atom stereocenters. The van der Waals surface area contributed by atoms with Gasteiger partial charge in [-0.1, -0.05) is 0 Å². The minimum Gasteiger partial charge on any atom is -0.394 e. The number of carbonyl (C=O) groups is 2. The monoisotopic (exact) mass is 315 g/mol. The standard InChI is InChI=1S/C10H13N5O7/c11-8-12-6-10(21,7(19)13-8)14-9(20)15(6)5-4(18)3(17)2(1-16)22-5/h2-5,16-18,21H,1H2,(H,14,20)(H2,11,13,19)/t2-,3-,4-,5-,10?/m1/s1. The highest BCUT2D eigenvalue weighted by molar-refractivity contribution is 6.26. The maximum atomic E-state index is 12.0. The Morgan fingerprint density at radius 2 is 2.00 bits per heavy atom. The van der Waals surface area contributed by atoms with Crippen LogP contribution in [0.5, 0.6) is 0 Å². The number of aliphatic imine (C=N–C) groups is 2. The zero-order valence-electron chi connectivity index (χ0n) is 10.9. The summed E-state index contributed by atoms with van der Waals surface area (Å²) in [6.07, 6.45) is -5.68. The first-order chi connectivity index (χ1) is 10.3. The van der Waals surface area contributed by atoms with Gasteiger partial charge in [0.15, 0.2) is 12.1 Å². The van der Waals surface area contributed by atoms with E-state index in [-0.39, 0.29) is 0 Å². The van der Waals surface area contributed by atoms with Gasteiger partial charge in [-0.2, -0.15) is 9.98 Å². The zero-order chi connectivity index (χ0) is 16.2. The maximum absolute atomic E-state index is 12.0. The molecule has 12 nitrogen and oxygen atoms in total. The van der Waals surface area contributed by atoms with Gasteiger partial charge in [0, 0.05) is 0 Å². The van der Waals surface area contributed by atoms with E-state index in [1.165, 1.54) is 0 Å². The topological polar surface area (TPSA) is 190 Å². The molecule has 0 aromatic heterocycles. The molecule has 2 fully saturated rings. The number of amides is 3. The van der Waals surface area contributed by atoms with Crippen LogP contribution in [0.2, 0.25) is 0 Å². The van der Waals surface area contributed by atoms with Crippen LogP contribution < -0.4 is 11.1 Å². The van der Waals surface area contributed by atoms with E-state index in [4.69, 9.17) is 15.6 Å². The molecule has 0 aromatic rings. The van der Waals surface area contributed by atoms with Crippen molar-refractivity contribution in [2.24, 2.45) is 15.7 Å². The number of nitrogens with two attached hydrogens (primary N) is 1. The van der Waals surface area contributed by atoms with Gasteiger partial charge in [0.25, 0.3) is 5.72 Å². The largest absolute Gasteiger partial charge is 0.394 e. The molecule has 0 saturated carbocycles. The molecule has 3 aliphatic rings. The fraction of sp³-hybridized carbons (Fsp3) is 0.600. The van der Waals surface area contributed by atoms with Crippen LogP contribution in [0.1, 0.15) is 0 Å². The summed E-state index contributed by atoms with van der Waals surface area (Å²) in [6, 6.07) is -1.01. The molecular weight excluding hydrogens is 302 g/mol. The molecule has 1 unspecified atom stereocenters. The number of guanidine groups is 1. The second kappa shape index (κ2) is 4.69. The molecule has 3 aliphatic heterocycles. The Morgan fingerprint density at radius 1 is 1.32 bits per heavy atom. The molecule has 3 amide bonds. The van der Waals surface area contributed by atoms with E-state index in [9.17, 15) is 24.9 Å². The summed E-state index contributed by atoms with van der Waals surface area (Å²) >= 11 is 0. The van der Waals surface area contributed by atoms with E-state index in [0.29, 0.717) is 4.90 Å². The van der Waals surface area contributed by atoms with Crippen LogP contribution in [0.4, 0.5) is 4.79 Å². The molecule has 12 heteroatoms. The van der Waals surface area contributed by atoms with E-state index in [2.05, 4.69) is 9.98 Å². The number of fused-ring (bicyclic) bond motifs is 1. The van der Waals surface area contributed by atoms with E-state index in [0.717, 1.165) is 0 Å². The Morgan fingerprint density at radius 3 is 2.59 bits per heavy atom. The Hall–Kier alpha value is -2.12. The Labute approximate surface area is 122 Å². The Kier molecular flexibility index (Phi) is 3.15. The highest BCUT2D eigenvalue weighted by Crippen LogP contribution is 2.30. The van der Waals surface area contributed by atoms with Gasteiger partial charge in [0.2, 0.25) is 5.96 Å². The van der Waals surface area contributed by atoms with Gasteiger partial charge < -0.3 is 30.9 Å². The lowest BCUT2D eigenvalue weighted by Gasteiger charge is -2.28. The average Bonchev–Trinajstić information content (AvgIpc) is 2.86. The maximum Gasteiger partial charge on any atom is 0.328 e. The number of ether oxygens (including phenoxy) is 1. The number of aliphatic hydroxyl groups excluding tert-OH is 3. The van der Waals surface area contributed by atoms with Crippen LogP contribution in [-0.4, -0.2) is 85.9 Å². The molecule has 22 heavy (non-hydrogen) atoms. The fourth-order valence-electron chi connectivity index (χ4n) is 2.47. The van der Waals surface area contributed by atoms with Crippen molar-refractivity contribution in [1.82, 2.24) is 10.2 Å². The van der Waals surface area contributed by atoms with Crippen LogP contribution in [0.25, 0.3) is 0 Å². The molecule has 120 valence electrons. The summed E-state index contributed by atoms with van der Waals surface area (Å²) in [5.74, 6) is -2.17. The molecule has 0 bridgehead atoms. The molecular formula is C10H13N5O7. The highest BCUT2D eigenvalue weighted by atomic mass is 16.6. The Bertz CT molecular complexity index is 606. The van der Waals surface area contributed by atoms with Crippen molar-refractivity contribution in [2.45, 2.75) is 30.3 Å². The van der Waals surface area contributed by atoms with Gasteiger partial charge in [-0.05, 0) is 0 Å². The van der Waals surface area contributed by atoms with Crippen molar-refractivity contribution >= 4 is 23.7 Å². The van der Waals surface area contributed by atoms with Crippen LogP contribution >= 0.6 is 0 Å². The van der Waals surface area contributed by atoms with Crippen LogP contribution in [0.3, 0.4) is 0 Å². The highest BCUT2D eigenvalue weighted by Gasteiger charge is 2.60. The molecule has 0 radical (unpaired) electrons. The number of urea groups is 1. The summed E-state index contributed by atoms with van der Waals surface area (Å²) in [5, 5.41) is 40.9. The average molecular weight is 315 g/mol. The smallest absolute Gasteiger partial charge is 0.328 e. The van der Waals surface area contributed by atoms with Gasteiger partial charge in [0.05, 0.1) is 6.61 Å². The summed E-state index contributed by atoms with van der Waals surface area (Å²) in [6.45, 7) is -0.608. The number of amidine groups is 1. The number of hydrogen-bond donors (Lipinski definition) is 6. The SMILES string of the molecule is NC1=NC(=O)C2(O)NC(=O)N([C@@H]3O[C@H](CO)[C@@H](O)[C@H]3O)C2=N1. The predicted octanol–water partition coefficient (Wildman–Crippen LogP) is -4.61. The van der Waals surface area contributed by atoms with E-state index < -0.39 is 60.6 Å². The molecule has 2 saturated heterocycles. The fourth-order valence-corrected chi connectivity index (χ4v) is 2.47. The predicted molar refractivity (Wildman–Crippen MR) is 67.1 cm³/mol. The minimum absolute atomic E-state index is 0.488. The molecule has 3 heterocycles. The van der Waals surface area contributed by atoms with Crippen LogP contribution in [-0.2, 0) is 9.53 Å². The van der Waals surface area contributed by atoms with Crippen molar-refractivity contribution in [3.05, 3.63) is 0 Å². The molecule has 0 aliphatic carbocycles. The number of rotatable bonds is 2. The number of hydrogen-bond acceptors (Lipinski definition) is 9. The summed E-state index contributed by atoms with van der Waals surface area (Å²) in [5.41, 5.74) is 2.81. The number of nitrogens with one attached hydrogen (secondary N) is 1.